The zero-order valence-corrected chi connectivity index (χ0v) is 10.5. The molecular formula is C12H11F2N3O3. The summed E-state index contributed by atoms with van der Waals surface area (Å²) in [5.41, 5.74) is 0.268. The van der Waals surface area contributed by atoms with E-state index in [4.69, 9.17) is 9.84 Å². The predicted molar refractivity (Wildman–Crippen MR) is 63.6 cm³/mol. The third kappa shape index (κ3) is 2.90. The van der Waals surface area contributed by atoms with E-state index in [1.807, 2.05) is 0 Å². The Labute approximate surface area is 112 Å². The molecule has 1 heterocycles. The number of halogens is 2. The summed E-state index contributed by atoms with van der Waals surface area (Å²) in [6.07, 6.45) is 0. The Morgan fingerprint density at radius 2 is 2.15 bits per heavy atom. The summed E-state index contributed by atoms with van der Waals surface area (Å²) in [7, 11) is 0. The van der Waals surface area contributed by atoms with Crippen molar-refractivity contribution in [3.8, 4) is 5.75 Å². The van der Waals surface area contributed by atoms with Crippen LogP contribution in [-0.4, -0.2) is 32.7 Å². The van der Waals surface area contributed by atoms with Gasteiger partial charge in [0.15, 0.2) is 17.3 Å². The number of carboxylic acids is 1. The molecule has 0 atom stereocenters. The average Bonchev–Trinajstić information content (AvgIpc) is 2.76. The lowest BCUT2D eigenvalue weighted by atomic mass is 10.3. The van der Waals surface area contributed by atoms with E-state index in [0.29, 0.717) is 5.69 Å². The molecule has 0 saturated carbocycles. The number of benzene rings is 1. The number of rotatable bonds is 5. The summed E-state index contributed by atoms with van der Waals surface area (Å²) < 4.78 is 32.2. The molecule has 6 nitrogen and oxygen atoms in total. The molecule has 0 fully saturated rings. The predicted octanol–water partition coefficient (Wildman–Crippen LogP) is 1.64. The molecule has 2 aromatic rings. The minimum atomic E-state index is -1.16. The molecule has 0 aliphatic carbocycles. The van der Waals surface area contributed by atoms with E-state index in [1.165, 1.54) is 10.7 Å². The fourth-order valence-electron chi connectivity index (χ4n) is 1.59. The van der Waals surface area contributed by atoms with Crippen molar-refractivity contribution in [3.63, 3.8) is 0 Å². The van der Waals surface area contributed by atoms with Gasteiger partial charge in [-0.05, 0) is 19.1 Å². The molecule has 8 heteroatoms. The van der Waals surface area contributed by atoms with Crippen LogP contribution in [0.1, 0.15) is 16.2 Å². The van der Waals surface area contributed by atoms with Gasteiger partial charge in [-0.25, -0.2) is 18.3 Å². The molecule has 1 aromatic carbocycles. The fraction of sp³-hybridized carbons (Fsp3) is 0.250. The summed E-state index contributed by atoms with van der Waals surface area (Å²) in [6.45, 7) is 1.93. The summed E-state index contributed by atoms with van der Waals surface area (Å²) in [4.78, 5) is 10.8. The SMILES string of the molecule is Cc1c(C(=O)O)nnn1CCOc1ccc(F)c(F)c1. The van der Waals surface area contributed by atoms with Crippen molar-refractivity contribution < 1.29 is 23.4 Å². The van der Waals surface area contributed by atoms with Crippen molar-refractivity contribution in [1.29, 1.82) is 0 Å². The second-order valence-electron chi connectivity index (χ2n) is 3.98. The van der Waals surface area contributed by atoms with E-state index in [-0.39, 0.29) is 24.6 Å². The number of hydrogen-bond donors (Lipinski definition) is 1. The van der Waals surface area contributed by atoms with Crippen LogP contribution < -0.4 is 4.74 Å². The molecule has 0 aliphatic heterocycles. The zero-order chi connectivity index (χ0) is 14.7. The molecule has 0 aliphatic rings. The van der Waals surface area contributed by atoms with Gasteiger partial charge in [0.05, 0.1) is 12.2 Å². The monoisotopic (exact) mass is 283 g/mol. The maximum atomic E-state index is 12.9. The highest BCUT2D eigenvalue weighted by molar-refractivity contribution is 5.86. The van der Waals surface area contributed by atoms with Crippen LogP contribution in [0.2, 0.25) is 0 Å². The maximum absolute atomic E-state index is 12.9. The Kier molecular flexibility index (Phi) is 3.92. The minimum Gasteiger partial charge on any atom is -0.492 e. The van der Waals surface area contributed by atoms with Gasteiger partial charge >= 0.3 is 5.97 Å². The van der Waals surface area contributed by atoms with Crippen molar-refractivity contribution in [3.05, 3.63) is 41.2 Å². The molecule has 0 amide bonds. The topological polar surface area (TPSA) is 77.2 Å². The Morgan fingerprint density at radius 1 is 1.40 bits per heavy atom. The largest absolute Gasteiger partial charge is 0.492 e. The molecule has 1 N–H and O–H groups in total. The van der Waals surface area contributed by atoms with Crippen LogP contribution in [0.3, 0.4) is 0 Å². The molecule has 2 rings (SSSR count). The van der Waals surface area contributed by atoms with Crippen LogP contribution in [0.4, 0.5) is 8.78 Å². The number of aromatic carboxylic acids is 1. The van der Waals surface area contributed by atoms with Crippen LogP contribution >= 0.6 is 0 Å². The summed E-state index contributed by atoms with van der Waals surface area (Å²) >= 11 is 0. The molecule has 0 unspecified atom stereocenters. The fourth-order valence-corrected chi connectivity index (χ4v) is 1.59. The van der Waals surface area contributed by atoms with Crippen LogP contribution in [0.25, 0.3) is 0 Å². The number of nitrogens with zero attached hydrogens (tertiary/aromatic N) is 3. The third-order valence-electron chi connectivity index (χ3n) is 2.65. The van der Waals surface area contributed by atoms with Crippen LogP contribution in [0, 0.1) is 18.6 Å². The number of ether oxygens (including phenoxy) is 1. The highest BCUT2D eigenvalue weighted by atomic mass is 19.2. The van der Waals surface area contributed by atoms with Crippen molar-refractivity contribution in [2.45, 2.75) is 13.5 Å². The first-order valence-corrected chi connectivity index (χ1v) is 5.70. The molecule has 106 valence electrons. The second kappa shape index (κ2) is 5.64. The van der Waals surface area contributed by atoms with Gasteiger partial charge < -0.3 is 9.84 Å². The molecule has 0 saturated heterocycles. The first-order chi connectivity index (χ1) is 9.49. The lowest BCUT2D eigenvalue weighted by Gasteiger charge is -2.07. The van der Waals surface area contributed by atoms with Crippen molar-refractivity contribution in [2.24, 2.45) is 0 Å². The van der Waals surface area contributed by atoms with E-state index >= 15 is 0 Å². The Hall–Kier alpha value is -2.51. The third-order valence-corrected chi connectivity index (χ3v) is 2.65. The highest BCUT2D eigenvalue weighted by Crippen LogP contribution is 2.15. The van der Waals surface area contributed by atoms with Gasteiger partial charge in [0.25, 0.3) is 0 Å². The van der Waals surface area contributed by atoms with Crippen LogP contribution in [-0.2, 0) is 6.54 Å². The quantitative estimate of drug-likeness (QED) is 0.902. The molecule has 0 radical (unpaired) electrons. The van der Waals surface area contributed by atoms with Gasteiger partial charge in [-0.2, -0.15) is 0 Å². The van der Waals surface area contributed by atoms with Crippen molar-refractivity contribution in [1.82, 2.24) is 15.0 Å². The number of hydrogen-bond acceptors (Lipinski definition) is 4. The van der Waals surface area contributed by atoms with Gasteiger partial charge in [-0.3, -0.25) is 0 Å². The first kappa shape index (κ1) is 13.9. The van der Waals surface area contributed by atoms with E-state index < -0.39 is 17.6 Å². The van der Waals surface area contributed by atoms with Gasteiger partial charge in [0.2, 0.25) is 0 Å². The Morgan fingerprint density at radius 3 is 2.75 bits per heavy atom. The number of aromatic nitrogens is 3. The Balaban J connectivity index is 1.96. The Bertz CT molecular complexity index is 643. The minimum absolute atomic E-state index is 0.119. The van der Waals surface area contributed by atoms with Gasteiger partial charge in [0, 0.05) is 6.07 Å². The highest BCUT2D eigenvalue weighted by Gasteiger charge is 2.14. The second-order valence-corrected chi connectivity index (χ2v) is 3.98. The summed E-state index contributed by atoms with van der Waals surface area (Å²) in [5.74, 6) is -2.92. The van der Waals surface area contributed by atoms with Crippen molar-refractivity contribution in [2.75, 3.05) is 6.61 Å². The summed E-state index contributed by atoms with van der Waals surface area (Å²) in [6, 6.07) is 3.20. The normalized spacial score (nSPS) is 10.6. The zero-order valence-electron chi connectivity index (χ0n) is 10.5. The molecular weight excluding hydrogens is 272 g/mol. The van der Waals surface area contributed by atoms with E-state index in [1.54, 1.807) is 6.92 Å². The lowest BCUT2D eigenvalue weighted by molar-refractivity contribution is 0.0689. The maximum Gasteiger partial charge on any atom is 0.358 e. The number of carbonyl (C=O) groups is 1. The van der Waals surface area contributed by atoms with Crippen molar-refractivity contribution >= 4 is 5.97 Å². The first-order valence-electron chi connectivity index (χ1n) is 5.70. The average molecular weight is 283 g/mol. The van der Waals surface area contributed by atoms with Gasteiger partial charge in [0.1, 0.15) is 12.4 Å². The van der Waals surface area contributed by atoms with Gasteiger partial charge in [-0.15, -0.1) is 5.10 Å². The molecule has 20 heavy (non-hydrogen) atoms. The van der Waals surface area contributed by atoms with E-state index in [0.717, 1.165) is 12.1 Å². The van der Waals surface area contributed by atoms with E-state index in [2.05, 4.69) is 10.3 Å². The smallest absolute Gasteiger partial charge is 0.358 e. The molecule has 0 spiro atoms. The lowest BCUT2D eigenvalue weighted by Crippen LogP contribution is -2.11. The molecule has 0 bridgehead atoms. The van der Waals surface area contributed by atoms with Crippen LogP contribution in [0.15, 0.2) is 18.2 Å². The number of carboxylic acid groups (broad SMARTS) is 1. The molecule has 1 aromatic heterocycles. The van der Waals surface area contributed by atoms with Crippen LogP contribution in [0.5, 0.6) is 5.75 Å². The summed E-state index contributed by atoms with van der Waals surface area (Å²) in [5, 5.41) is 16.0. The van der Waals surface area contributed by atoms with Gasteiger partial charge in [-0.1, -0.05) is 5.21 Å². The standard InChI is InChI=1S/C12H11F2N3O3/c1-7-11(12(18)19)15-16-17(7)4-5-20-8-2-3-9(13)10(14)6-8/h2-3,6H,4-5H2,1H3,(H,18,19). The van der Waals surface area contributed by atoms with E-state index in [9.17, 15) is 13.6 Å².